The number of fused-ring (bicyclic) bond motifs is 2. The lowest BCUT2D eigenvalue weighted by atomic mass is 10.0. The number of nitrogens with one attached hydrogen (secondary N) is 2. The Balaban J connectivity index is 1.63. The van der Waals surface area contributed by atoms with Crippen LogP contribution in [0.1, 0.15) is 50.7 Å². The molecule has 9 heteroatoms. The van der Waals surface area contributed by atoms with Crippen molar-refractivity contribution in [2.45, 2.75) is 52.3 Å². The van der Waals surface area contributed by atoms with Gasteiger partial charge in [-0.1, -0.05) is 6.07 Å². The predicted octanol–water partition coefficient (Wildman–Crippen LogP) is 3.17. The Bertz CT molecular complexity index is 1430. The molecular formula is C25H29N7O2. The van der Waals surface area contributed by atoms with Crippen LogP contribution in [0.15, 0.2) is 47.5 Å². The van der Waals surface area contributed by atoms with Crippen LogP contribution < -0.4 is 16.2 Å². The average molecular weight is 460 g/mol. The van der Waals surface area contributed by atoms with Gasteiger partial charge in [0.05, 0.1) is 10.9 Å². The fourth-order valence-electron chi connectivity index (χ4n) is 4.35. The fraction of sp³-hybridized carbons (Fsp3) is 0.360. The van der Waals surface area contributed by atoms with Crippen molar-refractivity contribution in [3.63, 3.8) is 0 Å². The van der Waals surface area contributed by atoms with Crippen molar-refractivity contribution in [1.82, 2.24) is 29.6 Å². The summed E-state index contributed by atoms with van der Waals surface area (Å²) < 4.78 is 3.43. The van der Waals surface area contributed by atoms with Crippen LogP contribution in [0.3, 0.4) is 0 Å². The molecule has 0 atom stereocenters. The normalized spacial score (nSPS) is 13.9. The molecule has 5 rings (SSSR count). The molecule has 3 N–H and O–H groups in total. The number of nitrogens with zero attached hydrogens (tertiary/aromatic N) is 5. The van der Waals surface area contributed by atoms with Crippen LogP contribution in [0.25, 0.3) is 16.7 Å². The summed E-state index contributed by atoms with van der Waals surface area (Å²) in [7, 11) is 0. The minimum absolute atomic E-state index is 0.120. The van der Waals surface area contributed by atoms with Gasteiger partial charge in [-0.3, -0.25) is 4.79 Å². The van der Waals surface area contributed by atoms with Gasteiger partial charge >= 0.3 is 0 Å². The molecule has 0 amide bonds. The number of hydrogen-bond donors (Lipinski definition) is 3. The Morgan fingerprint density at radius 1 is 1.15 bits per heavy atom. The molecule has 1 aliphatic rings. The molecular weight excluding hydrogens is 430 g/mol. The highest BCUT2D eigenvalue weighted by Crippen LogP contribution is 2.25. The van der Waals surface area contributed by atoms with Crippen LogP contribution >= 0.6 is 0 Å². The van der Waals surface area contributed by atoms with Gasteiger partial charge in [-0.25, -0.2) is 24.3 Å². The van der Waals surface area contributed by atoms with Gasteiger partial charge < -0.3 is 15.7 Å². The van der Waals surface area contributed by atoms with E-state index in [1.807, 2.05) is 19.9 Å². The van der Waals surface area contributed by atoms with E-state index in [2.05, 4.69) is 43.8 Å². The first-order valence-electron chi connectivity index (χ1n) is 11.5. The van der Waals surface area contributed by atoms with Crippen LogP contribution in [0.5, 0.6) is 0 Å². The minimum atomic E-state index is -1.21. The van der Waals surface area contributed by atoms with Gasteiger partial charge in [-0.15, -0.1) is 0 Å². The molecule has 4 heterocycles. The SMILES string of the molecule is CC(C)n1c(=O)c2cnc(Nc3ccc4c(c3)CNCC4)cc2n1-c1ccnc(C(C)(C)O)n1. The number of aliphatic hydroxyl groups is 1. The van der Waals surface area contributed by atoms with Crippen molar-refractivity contribution in [2.24, 2.45) is 0 Å². The zero-order valence-corrected chi connectivity index (χ0v) is 19.8. The van der Waals surface area contributed by atoms with E-state index in [-0.39, 0.29) is 17.4 Å². The highest BCUT2D eigenvalue weighted by Gasteiger charge is 2.23. The van der Waals surface area contributed by atoms with Crippen LogP contribution in [0, 0.1) is 0 Å². The van der Waals surface area contributed by atoms with Gasteiger partial charge in [0.2, 0.25) is 0 Å². The van der Waals surface area contributed by atoms with Crippen LogP contribution in [-0.2, 0) is 18.6 Å². The van der Waals surface area contributed by atoms with E-state index in [0.29, 0.717) is 22.5 Å². The summed E-state index contributed by atoms with van der Waals surface area (Å²) in [6.07, 6.45) is 4.23. The van der Waals surface area contributed by atoms with Crippen molar-refractivity contribution in [3.05, 3.63) is 70.0 Å². The summed E-state index contributed by atoms with van der Waals surface area (Å²) in [6, 6.07) is 9.82. The summed E-state index contributed by atoms with van der Waals surface area (Å²) in [4.78, 5) is 26.6. The molecule has 0 spiro atoms. The molecule has 0 bridgehead atoms. The van der Waals surface area contributed by atoms with Gasteiger partial charge in [0, 0.05) is 42.8 Å². The molecule has 1 aliphatic heterocycles. The molecule has 1 aromatic carbocycles. The Labute approximate surface area is 197 Å². The Hall–Kier alpha value is -3.56. The molecule has 3 aromatic heterocycles. The third-order valence-electron chi connectivity index (χ3n) is 6.02. The van der Waals surface area contributed by atoms with Gasteiger partial charge in [0.15, 0.2) is 11.6 Å². The molecule has 176 valence electrons. The first-order chi connectivity index (χ1) is 16.2. The topological polar surface area (TPSA) is 110 Å². The lowest BCUT2D eigenvalue weighted by molar-refractivity contribution is 0.0686. The first kappa shape index (κ1) is 22.2. The maximum absolute atomic E-state index is 13.3. The third kappa shape index (κ3) is 3.97. The number of pyridine rings is 1. The van der Waals surface area contributed by atoms with E-state index < -0.39 is 5.60 Å². The standard InChI is InChI=1S/C25H29N7O2/c1-15(2)31-23(33)19-14-28-21(29-18-6-5-16-7-9-26-13-17(16)11-18)12-20(19)32(31)22-8-10-27-24(30-22)25(3,4)34/h5-6,8,10-12,14-15,26,34H,7,9,13H2,1-4H3,(H,28,29). The van der Waals surface area contributed by atoms with E-state index in [9.17, 15) is 9.90 Å². The van der Waals surface area contributed by atoms with Crippen LogP contribution in [0.4, 0.5) is 11.5 Å². The van der Waals surface area contributed by atoms with Crippen molar-refractivity contribution in [2.75, 3.05) is 11.9 Å². The van der Waals surface area contributed by atoms with Crippen molar-refractivity contribution in [1.29, 1.82) is 0 Å². The lowest BCUT2D eigenvalue weighted by Crippen LogP contribution is -2.26. The molecule has 0 aliphatic carbocycles. The second-order valence-electron chi connectivity index (χ2n) is 9.47. The number of aromatic nitrogens is 5. The zero-order valence-electron chi connectivity index (χ0n) is 19.8. The summed E-state index contributed by atoms with van der Waals surface area (Å²) >= 11 is 0. The largest absolute Gasteiger partial charge is 0.382 e. The van der Waals surface area contributed by atoms with Crippen molar-refractivity contribution >= 4 is 22.4 Å². The maximum Gasteiger partial charge on any atom is 0.276 e. The lowest BCUT2D eigenvalue weighted by Gasteiger charge is -2.19. The number of hydrogen-bond acceptors (Lipinski definition) is 7. The van der Waals surface area contributed by atoms with Gasteiger partial charge in [0.25, 0.3) is 5.56 Å². The third-order valence-corrected chi connectivity index (χ3v) is 6.02. The Morgan fingerprint density at radius 2 is 1.97 bits per heavy atom. The smallest absolute Gasteiger partial charge is 0.276 e. The van der Waals surface area contributed by atoms with Gasteiger partial charge in [0.1, 0.15) is 11.4 Å². The Kier molecular flexibility index (Phi) is 5.45. The van der Waals surface area contributed by atoms with Gasteiger partial charge in [-0.05, 0) is 63.9 Å². The van der Waals surface area contributed by atoms with Crippen molar-refractivity contribution in [3.8, 4) is 5.82 Å². The second kappa shape index (κ2) is 8.34. The average Bonchev–Trinajstić information content (AvgIpc) is 3.10. The summed E-state index contributed by atoms with van der Waals surface area (Å²) in [6.45, 7) is 9.02. The maximum atomic E-state index is 13.3. The molecule has 34 heavy (non-hydrogen) atoms. The molecule has 4 aromatic rings. The number of benzene rings is 1. The number of anilines is 2. The first-order valence-corrected chi connectivity index (χ1v) is 11.5. The van der Waals surface area contributed by atoms with E-state index in [0.717, 1.165) is 25.2 Å². The molecule has 0 fully saturated rings. The predicted molar refractivity (Wildman–Crippen MR) is 132 cm³/mol. The van der Waals surface area contributed by atoms with Crippen molar-refractivity contribution < 1.29 is 5.11 Å². The molecule has 0 saturated carbocycles. The summed E-state index contributed by atoms with van der Waals surface area (Å²) in [5.41, 5.74) is 2.90. The number of rotatable bonds is 5. The van der Waals surface area contributed by atoms with E-state index >= 15 is 0 Å². The molecule has 0 unspecified atom stereocenters. The van der Waals surface area contributed by atoms with Crippen LogP contribution in [0.2, 0.25) is 0 Å². The summed E-state index contributed by atoms with van der Waals surface area (Å²) in [5.74, 6) is 1.41. The quantitative estimate of drug-likeness (QED) is 0.420. The molecule has 9 nitrogen and oxygen atoms in total. The highest BCUT2D eigenvalue weighted by molar-refractivity contribution is 5.82. The molecule has 0 radical (unpaired) electrons. The summed E-state index contributed by atoms with van der Waals surface area (Å²) in [5, 5.41) is 17.7. The Morgan fingerprint density at radius 3 is 2.74 bits per heavy atom. The molecule has 0 saturated heterocycles. The van der Waals surface area contributed by atoms with Crippen LogP contribution in [-0.4, -0.2) is 36.0 Å². The fourth-order valence-corrected chi connectivity index (χ4v) is 4.35. The van der Waals surface area contributed by atoms with E-state index in [4.69, 9.17) is 0 Å². The second-order valence-corrected chi connectivity index (χ2v) is 9.47. The minimum Gasteiger partial charge on any atom is -0.382 e. The zero-order chi connectivity index (χ0) is 24.0. The van der Waals surface area contributed by atoms with Gasteiger partial charge in [-0.2, -0.15) is 0 Å². The van der Waals surface area contributed by atoms with E-state index in [1.54, 1.807) is 41.7 Å². The highest BCUT2D eigenvalue weighted by atomic mass is 16.3. The van der Waals surface area contributed by atoms with E-state index in [1.165, 1.54) is 11.1 Å². The monoisotopic (exact) mass is 459 g/mol.